The van der Waals surface area contributed by atoms with Crippen LogP contribution in [-0.4, -0.2) is 6.10 Å². The lowest BCUT2D eigenvalue weighted by Gasteiger charge is -2.23. The summed E-state index contributed by atoms with van der Waals surface area (Å²) in [6.45, 7) is 0. The Morgan fingerprint density at radius 3 is 2.84 bits per heavy atom. The Morgan fingerprint density at radius 2 is 1.84 bits per heavy atom. The van der Waals surface area contributed by atoms with Crippen LogP contribution in [0, 0.1) is 0 Å². The molecular formula is C18H14O. The zero-order chi connectivity index (χ0) is 12.4. The molecule has 0 fully saturated rings. The molecule has 5 rings (SSSR count). The fourth-order valence-corrected chi connectivity index (χ4v) is 3.72. The molecule has 0 saturated carbocycles. The van der Waals surface area contributed by atoms with E-state index in [1.165, 1.54) is 32.7 Å². The van der Waals surface area contributed by atoms with Gasteiger partial charge in [-0.2, -0.15) is 0 Å². The molecule has 0 N–H and O–H groups in total. The third kappa shape index (κ3) is 1.23. The van der Waals surface area contributed by atoms with Gasteiger partial charge in [-0.25, -0.2) is 0 Å². The predicted octanol–water partition coefficient (Wildman–Crippen LogP) is 2.31. The zero-order valence-electron chi connectivity index (χ0n) is 10.6. The fraction of sp³-hybridized carbons (Fsp3) is 0.222. The first kappa shape index (κ1) is 9.99. The summed E-state index contributed by atoms with van der Waals surface area (Å²) in [5, 5.41) is 2.81. The summed E-state index contributed by atoms with van der Waals surface area (Å²) in [4.78, 5) is 0. The van der Waals surface area contributed by atoms with Crippen molar-refractivity contribution in [2.75, 3.05) is 0 Å². The Balaban J connectivity index is 2.00. The van der Waals surface area contributed by atoms with E-state index in [1.54, 1.807) is 0 Å². The molecule has 0 aromatic heterocycles. The Bertz CT molecular complexity index is 816. The fourth-order valence-electron chi connectivity index (χ4n) is 3.72. The second-order valence-electron chi connectivity index (χ2n) is 5.65. The Labute approximate surface area is 111 Å². The predicted molar refractivity (Wildman–Crippen MR) is 76.0 cm³/mol. The van der Waals surface area contributed by atoms with E-state index in [4.69, 9.17) is 4.74 Å². The summed E-state index contributed by atoms with van der Waals surface area (Å²) in [6.07, 6.45) is 7.30. The second-order valence-corrected chi connectivity index (χ2v) is 5.65. The highest BCUT2D eigenvalue weighted by Gasteiger charge is 2.27. The molecule has 3 aliphatic rings. The molecular weight excluding hydrogens is 232 g/mol. The van der Waals surface area contributed by atoms with Crippen LogP contribution in [0.3, 0.4) is 0 Å². The second kappa shape index (κ2) is 3.37. The average molecular weight is 246 g/mol. The van der Waals surface area contributed by atoms with Gasteiger partial charge in [0.1, 0.15) is 6.10 Å². The molecule has 1 aliphatic heterocycles. The lowest BCUT2D eigenvalue weighted by molar-refractivity contribution is 0.0542. The average Bonchev–Trinajstić information content (AvgIpc) is 2.64. The molecule has 2 unspecified atom stereocenters. The smallest absolute Gasteiger partial charge is 0.103 e. The van der Waals surface area contributed by atoms with Crippen LogP contribution >= 0.6 is 0 Å². The topological polar surface area (TPSA) is 9.23 Å². The van der Waals surface area contributed by atoms with Crippen molar-refractivity contribution >= 4 is 12.2 Å². The maximum Gasteiger partial charge on any atom is 0.103 e. The highest BCUT2D eigenvalue weighted by atomic mass is 16.5. The quantitative estimate of drug-likeness (QED) is 0.693. The molecule has 4 bridgehead atoms. The lowest BCUT2D eigenvalue weighted by Crippen LogP contribution is -2.34. The van der Waals surface area contributed by atoms with Crippen molar-refractivity contribution in [3.05, 3.63) is 58.0 Å². The van der Waals surface area contributed by atoms with Crippen molar-refractivity contribution in [1.82, 2.24) is 0 Å². The van der Waals surface area contributed by atoms with Crippen LogP contribution in [0.1, 0.15) is 23.7 Å². The van der Waals surface area contributed by atoms with Gasteiger partial charge in [0.05, 0.1) is 6.10 Å². The number of rotatable bonds is 0. The molecule has 1 nitrogen and oxygen atoms in total. The largest absolute Gasteiger partial charge is 0.362 e. The van der Waals surface area contributed by atoms with Gasteiger partial charge in [-0.1, -0.05) is 36.4 Å². The van der Waals surface area contributed by atoms with E-state index in [2.05, 4.69) is 48.6 Å². The highest BCUT2D eigenvalue weighted by molar-refractivity contribution is 5.76. The molecule has 1 heteroatoms. The molecule has 0 spiro atoms. The number of hydrogen-bond acceptors (Lipinski definition) is 1. The maximum absolute atomic E-state index is 6.30. The van der Waals surface area contributed by atoms with Crippen LogP contribution in [0.4, 0.5) is 0 Å². The number of fused-ring (bicyclic) bond motifs is 5. The van der Waals surface area contributed by atoms with Gasteiger partial charge in [-0.05, 0) is 57.7 Å². The summed E-state index contributed by atoms with van der Waals surface area (Å²) in [5.74, 6) is 0. The molecule has 2 aromatic carbocycles. The van der Waals surface area contributed by atoms with Crippen LogP contribution < -0.4 is 10.4 Å². The van der Waals surface area contributed by atoms with E-state index >= 15 is 0 Å². The van der Waals surface area contributed by atoms with Crippen LogP contribution in [-0.2, 0) is 11.2 Å². The van der Waals surface area contributed by atoms with Crippen LogP contribution in [0.25, 0.3) is 23.3 Å². The van der Waals surface area contributed by atoms with Crippen molar-refractivity contribution < 1.29 is 4.74 Å². The van der Waals surface area contributed by atoms with E-state index in [9.17, 15) is 0 Å². The molecule has 2 aromatic rings. The van der Waals surface area contributed by atoms with E-state index in [0.29, 0.717) is 0 Å². The van der Waals surface area contributed by atoms with Gasteiger partial charge in [0.25, 0.3) is 0 Å². The van der Waals surface area contributed by atoms with E-state index in [1.807, 2.05) is 0 Å². The van der Waals surface area contributed by atoms with Gasteiger partial charge in [0, 0.05) is 0 Å². The summed E-state index contributed by atoms with van der Waals surface area (Å²) in [7, 11) is 0. The summed E-state index contributed by atoms with van der Waals surface area (Å²) < 4.78 is 6.30. The van der Waals surface area contributed by atoms with Gasteiger partial charge in [0.2, 0.25) is 0 Å². The molecule has 0 radical (unpaired) electrons. The number of ether oxygens (including phenoxy) is 1. The number of hydrogen-bond donors (Lipinski definition) is 0. The van der Waals surface area contributed by atoms with E-state index in [-0.39, 0.29) is 12.2 Å². The lowest BCUT2D eigenvalue weighted by atomic mass is 9.87. The van der Waals surface area contributed by atoms with Gasteiger partial charge in [-0.15, -0.1) is 0 Å². The van der Waals surface area contributed by atoms with Gasteiger partial charge >= 0.3 is 0 Å². The zero-order valence-corrected chi connectivity index (χ0v) is 10.6. The molecule has 2 atom stereocenters. The van der Waals surface area contributed by atoms with Gasteiger partial charge < -0.3 is 4.74 Å². The number of aryl methyl sites for hydroxylation is 1. The molecule has 1 heterocycles. The molecule has 19 heavy (non-hydrogen) atoms. The first-order chi connectivity index (χ1) is 9.40. The van der Waals surface area contributed by atoms with Gasteiger partial charge in [0.15, 0.2) is 0 Å². The minimum atomic E-state index is 0.125. The van der Waals surface area contributed by atoms with Crippen molar-refractivity contribution in [3.63, 3.8) is 0 Å². The molecule has 0 amide bonds. The monoisotopic (exact) mass is 246 g/mol. The minimum absolute atomic E-state index is 0.125. The van der Waals surface area contributed by atoms with Gasteiger partial charge in [-0.3, -0.25) is 0 Å². The Kier molecular flexibility index (Phi) is 1.77. The van der Waals surface area contributed by atoms with E-state index < -0.39 is 0 Å². The minimum Gasteiger partial charge on any atom is -0.362 e. The molecule has 0 saturated heterocycles. The normalized spacial score (nSPS) is 25.1. The third-order valence-electron chi connectivity index (χ3n) is 4.63. The summed E-state index contributed by atoms with van der Waals surface area (Å²) in [5.41, 5.74) is 5.51. The SMILES string of the molecule is C1=c2c3ccc4c2=CC(OC1CC3)c1ccccc1-4. The van der Waals surface area contributed by atoms with E-state index in [0.717, 1.165) is 12.8 Å². The Morgan fingerprint density at radius 1 is 0.895 bits per heavy atom. The van der Waals surface area contributed by atoms with Crippen LogP contribution in [0.5, 0.6) is 0 Å². The highest BCUT2D eigenvalue weighted by Crippen LogP contribution is 2.35. The maximum atomic E-state index is 6.30. The molecule has 92 valence electrons. The summed E-state index contributed by atoms with van der Waals surface area (Å²) in [6, 6.07) is 13.2. The van der Waals surface area contributed by atoms with Crippen molar-refractivity contribution in [2.24, 2.45) is 0 Å². The van der Waals surface area contributed by atoms with Crippen molar-refractivity contribution in [1.29, 1.82) is 0 Å². The standard InChI is InChI=1S/C18H14O/c1-2-4-15-13(3-1)14-8-6-11-5-7-12-9-16(11)17(14)10-18(15)19-12/h1-4,6,8-10,12,18H,5,7H2. The third-order valence-corrected chi connectivity index (χ3v) is 4.63. The first-order valence-electron chi connectivity index (χ1n) is 7.00. The summed E-state index contributed by atoms with van der Waals surface area (Å²) >= 11 is 0. The Hall–Kier alpha value is -1.86. The van der Waals surface area contributed by atoms with Crippen molar-refractivity contribution in [3.8, 4) is 11.1 Å². The van der Waals surface area contributed by atoms with Crippen LogP contribution in [0.15, 0.2) is 36.4 Å². The van der Waals surface area contributed by atoms with Crippen LogP contribution in [0.2, 0.25) is 0 Å². The molecule has 2 aliphatic carbocycles. The van der Waals surface area contributed by atoms with Crippen molar-refractivity contribution in [2.45, 2.75) is 25.0 Å². The number of benzene rings is 2. The first-order valence-corrected chi connectivity index (χ1v) is 7.00.